The zero-order valence-corrected chi connectivity index (χ0v) is 19.0. The number of ketones is 1. The van der Waals surface area contributed by atoms with E-state index in [1.54, 1.807) is 12.1 Å². The van der Waals surface area contributed by atoms with Crippen LogP contribution in [0.2, 0.25) is 0 Å². The van der Waals surface area contributed by atoms with Crippen LogP contribution in [0.3, 0.4) is 0 Å². The number of rotatable bonds is 16. The average Bonchev–Trinajstić information content (AvgIpc) is 2.73. The molecule has 1 unspecified atom stereocenters. The summed E-state index contributed by atoms with van der Waals surface area (Å²) in [5.41, 5.74) is 1.85. The lowest BCUT2D eigenvalue weighted by atomic mass is 10.0. The Kier molecular flexibility index (Phi) is 13.9. The molecule has 1 atom stereocenters. The number of hydrogen-bond acceptors (Lipinski definition) is 5. The van der Waals surface area contributed by atoms with Gasteiger partial charge < -0.3 is 9.84 Å². The van der Waals surface area contributed by atoms with Gasteiger partial charge in [0.05, 0.1) is 0 Å². The average molecular weight is 438 g/mol. The van der Waals surface area contributed by atoms with Gasteiger partial charge in [-0.15, -0.1) is 0 Å². The number of carbonyl (C=O) groups is 2. The third-order valence-corrected chi connectivity index (χ3v) is 5.10. The Bertz CT molecular complexity index is 675. The summed E-state index contributed by atoms with van der Waals surface area (Å²) in [7, 11) is 0. The van der Waals surface area contributed by atoms with Crippen molar-refractivity contribution in [1.29, 1.82) is 0 Å². The van der Waals surface area contributed by atoms with Crippen LogP contribution >= 0.6 is 11.6 Å². The molecule has 0 radical (unpaired) electrons. The Morgan fingerprint density at radius 3 is 2.50 bits per heavy atom. The summed E-state index contributed by atoms with van der Waals surface area (Å²) in [5.74, 6) is -0.855. The summed E-state index contributed by atoms with van der Waals surface area (Å²) in [6.45, 7) is 4.73. The highest BCUT2D eigenvalue weighted by Crippen LogP contribution is 2.22. The molecule has 0 aliphatic rings. The van der Waals surface area contributed by atoms with E-state index in [0.29, 0.717) is 24.9 Å². The van der Waals surface area contributed by atoms with Crippen molar-refractivity contribution in [3.8, 4) is 5.75 Å². The number of unbranched alkanes of at least 4 members (excludes halogenated alkanes) is 6. The molecule has 0 aliphatic heterocycles. The smallest absolute Gasteiger partial charge is 0.343 e. The van der Waals surface area contributed by atoms with Gasteiger partial charge in [0.15, 0.2) is 12.0 Å². The summed E-state index contributed by atoms with van der Waals surface area (Å²) < 4.78 is 5.57. The van der Waals surface area contributed by atoms with Gasteiger partial charge in [0.2, 0.25) is 0 Å². The van der Waals surface area contributed by atoms with E-state index in [-0.39, 0.29) is 17.1 Å². The maximum Gasteiger partial charge on any atom is 0.343 e. The summed E-state index contributed by atoms with van der Waals surface area (Å²) >= 11 is 5.55. The zero-order valence-electron chi connectivity index (χ0n) is 18.3. The first-order valence-electron chi connectivity index (χ1n) is 11.1. The van der Waals surface area contributed by atoms with Gasteiger partial charge in [-0.3, -0.25) is 10.1 Å². The fourth-order valence-corrected chi connectivity index (χ4v) is 3.21. The molecule has 5 nitrogen and oxygen atoms in total. The number of carbonyl (C=O) groups excluding carboxylic acids is 2. The second-order valence-electron chi connectivity index (χ2n) is 7.48. The van der Waals surface area contributed by atoms with Crippen molar-refractivity contribution in [2.45, 2.75) is 84.3 Å². The molecule has 168 valence electrons. The van der Waals surface area contributed by atoms with Gasteiger partial charge in [-0.05, 0) is 37.5 Å². The van der Waals surface area contributed by atoms with Crippen molar-refractivity contribution in [1.82, 2.24) is 5.32 Å². The number of aromatic hydroxyl groups is 1. The Hall–Kier alpha value is -1.85. The van der Waals surface area contributed by atoms with E-state index in [0.717, 1.165) is 44.9 Å². The maximum atomic E-state index is 12.7. The molecule has 0 bridgehead atoms. The molecule has 0 amide bonds. The Morgan fingerprint density at radius 1 is 1.10 bits per heavy atom. The third-order valence-electron chi connectivity index (χ3n) is 4.92. The van der Waals surface area contributed by atoms with Crippen LogP contribution in [0.25, 0.3) is 0 Å². The lowest BCUT2D eigenvalue weighted by Crippen LogP contribution is -2.34. The highest BCUT2D eigenvalue weighted by atomic mass is 35.5. The number of esters is 1. The highest BCUT2D eigenvalue weighted by molar-refractivity contribution is 6.25. The van der Waals surface area contributed by atoms with Crippen LogP contribution in [0.4, 0.5) is 0 Å². The molecular formula is C24H36ClNO4. The van der Waals surface area contributed by atoms with E-state index >= 15 is 0 Å². The standard InChI is InChI=1S/C24H36ClNO4/c1-3-5-7-8-10-12-21(27)19-14-15-22(28)20(18-19)24(29)30-23(13-9-6-4-2)26-17-11-16-25/h11,14-16,18,23,26,28H,3-10,12-13,17H2,1-2H3. The molecule has 0 saturated heterocycles. The molecule has 0 saturated carbocycles. The molecule has 1 aromatic carbocycles. The number of nitrogens with one attached hydrogen (secondary N) is 1. The molecule has 0 aromatic heterocycles. The van der Waals surface area contributed by atoms with E-state index in [1.807, 2.05) is 0 Å². The quantitative estimate of drug-likeness (QED) is 0.136. The van der Waals surface area contributed by atoms with Gasteiger partial charge in [-0.2, -0.15) is 0 Å². The lowest BCUT2D eigenvalue weighted by molar-refractivity contribution is 0.0192. The normalized spacial score (nSPS) is 12.2. The van der Waals surface area contributed by atoms with Crippen LogP contribution in [0, 0.1) is 0 Å². The molecule has 2 N–H and O–H groups in total. The van der Waals surface area contributed by atoms with E-state index < -0.39 is 12.2 Å². The minimum Gasteiger partial charge on any atom is -0.507 e. The molecule has 0 heterocycles. The molecule has 0 fully saturated rings. The van der Waals surface area contributed by atoms with E-state index in [1.165, 1.54) is 24.1 Å². The molecular weight excluding hydrogens is 402 g/mol. The first kappa shape index (κ1) is 26.2. The Morgan fingerprint density at radius 2 is 1.80 bits per heavy atom. The molecule has 30 heavy (non-hydrogen) atoms. The fourth-order valence-electron chi connectivity index (χ4n) is 3.13. The van der Waals surface area contributed by atoms with E-state index in [9.17, 15) is 14.7 Å². The summed E-state index contributed by atoms with van der Waals surface area (Å²) in [5, 5.41) is 13.3. The molecule has 0 spiro atoms. The molecule has 0 aliphatic carbocycles. The van der Waals surface area contributed by atoms with Crippen molar-refractivity contribution < 1.29 is 19.4 Å². The van der Waals surface area contributed by atoms with E-state index in [4.69, 9.17) is 16.3 Å². The van der Waals surface area contributed by atoms with Gasteiger partial charge in [-0.1, -0.05) is 70.0 Å². The van der Waals surface area contributed by atoms with Crippen molar-refractivity contribution >= 4 is 23.4 Å². The van der Waals surface area contributed by atoms with Crippen LogP contribution in [0.5, 0.6) is 5.75 Å². The third kappa shape index (κ3) is 10.3. The fraction of sp³-hybridized carbons (Fsp3) is 0.583. The van der Waals surface area contributed by atoms with Crippen LogP contribution in [0.1, 0.15) is 98.8 Å². The Balaban J connectivity index is 2.75. The minimum atomic E-state index is -0.644. The highest BCUT2D eigenvalue weighted by Gasteiger charge is 2.20. The number of phenols is 1. The van der Waals surface area contributed by atoms with Crippen LogP contribution < -0.4 is 5.32 Å². The van der Waals surface area contributed by atoms with Crippen molar-refractivity contribution in [2.24, 2.45) is 0 Å². The van der Waals surface area contributed by atoms with Crippen molar-refractivity contribution in [3.05, 3.63) is 40.9 Å². The van der Waals surface area contributed by atoms with Crippen molar-refractivity contribution in [2.75, 3.05) is 6.54 Å². The number of benzene rings is 1. The topological polar surface area (TPSA) is 75.6 Å². The van der Waals surface area contributed by atoms with Crippen LogP contribution in [0.15, 0.2) is 29.8 Å². The summed E-state index contributed by atoms with van der Waals surface area (Å²) in [4.78, 5) is 25.1. The van der Waals surface area contributed by atoms with Crippen LogP contribution in [-0.4, -0.2) is 29.6 Å². The second kappa shape index (κ2) is 15.9. The SMILES string of the molecule is CCCCCCCC(=O)c1ccc(O)c(C(=O)OC(CCCCC)NCC=CCl)c1. The first-order chi connectivity index (χ1) is 14.5. The monoisotopic (exact) mass is 437 g/mol. The van der Waals surface area contributed by atoms with Gasteiger partial charge in [0.25, 0.3) is 0 Å². The minimum absolute atomic E-state index is 0.0157. The molecule has 1 rings (SSSR count). The number of phenolic OH excluding ortho intramolecular Hbond substituents is 1. The van der Waals surface area contributed by atoms with Crippen LogP contribution in [-0.2, 0) is 4.74 Å². The van der Waals surface area contributed by atoms with Gasteiger partial charge >= 0.3 is 5.97 Å². The number of hydrogen-bond donors (Lipinski definition) is 2. The largest absolute Gasteiger partial charge is 0.507 e. The lowest BCUT2D eigenvalue weighted by Gasteiger charge is -2.19. The number of ether oxygens (including phenoxy) is 1. The number of Topliss-reactive ketones (excluding diaryl/α,β-unsaturated/α-hetero) is 1. The van der Waals surface area contributed by atoms with Crippen molar-refractivity contribution in [3.63, 3.8) is 0 Å². The maximum absolute atomic E-state index is 12.7. The molecule has 6 heteroatoms. The predicted octanol–water partition coefficient (Wildman–Crippen LogP) is 6.34. The zero-order chi connectivity index (χ0) is 22.2. The Labute approximate surface area is 185 Å². The number of halogens is 1. The van der Waals surface area contributed by atoms with E-state index in [2.05, 4.69) is 19.2 Å². The van der Waals surface area contributed by atoms with Gasteiger partial charge in [-0.25, -0.2) is 4.79 Å². The second-order valence-corrected chi connectivity index (χ2v) is 7.73. The van der Waals surface area contributed by atoms with Gasteiger partial charge in [0, 0.05) is 24.1 Å². The summed E-state index contributed by atoms with van der Waals surface area (Å²) in [6.07, 6.45) is 10.7. The predicted molar refractivity (Wildman–Crippen MR) is 122 cm³/mol. The molecule has 1 aromatic rings. The summed E-state index contributed by atoms with van der Waals surface area (Å²) in [6, 6.07) is 4.38. The van der Waals surface area contributed by atoms with Gasteiger partial charge in [0.1, 0.15) is 11.3 Å². The first-order valence-corrected chi connectivity index (χ1v) is 11.5.